The smallest absolute Gasteiger partial charge is 0.248 e. The van der Waals surface area contributed by atoms with Crippen LogP contribution in [-0.4, -0.2) is 30.5 Å². The van der Waals surface area contributed by atoms with Gasteiger partial charge in [0.25, 0.3) is 0 Å². The molecular formula is C14H17N3O3. The average molecular weight is 275 g/mol. The predicted octanol–water partition coefficient (Wildman–Crippen LogP) is 2.01. The van der Waals surface area contributed by atoms with Crippen LogP contribution in [0.15, 0.2) is 22.6 Å². The molecule has 0 atom stereocenters. The Kier molecular flexibility index (Phi) is 3.56. The van der Waals surface area contributed by atoms with Gasteiger partial charge in [-0.05, 0) is 25.0 Å². The van der Waals surface area contributed by atoms with Crippen LogP contribution in [0.4, 0.5) is 0 Å². The lowest BCUT2D eigenvalue weighted by Gasteiger charge is -2.05. The number of aromatic nitrogens is 2. The molecule has 1 heterocycles. The Balaban J connectivity index is 1.80. The Bertz CT molecular complexity index is 571. The van der Waals surface area contributed by atoms with E-state index < -0.39 is 0 Å². The van der Waals surface area contributed by atoms with E-state index in [0.29, 0.717) is 35.9 Å². The number of hydrogen-bond acceptors (Lipinski definition) is 6. The number of nitrogens with zero attached hydrogens (tertiary/aromatic N) is 2. The van der Waals surface area contributed by atoms with Crippen LogP contribution in [0, 0.1) is 0 Å². The van der Waals surface area contributed by atoms with Crippen LogP contribution in [0.2, 0.25) is 0 Å². The normalized spacial score (nSPS) is 14.3. The highest BCUT2D eigenvalue weighted by molar-refractivity contribution is 5.59. The molecule has 0 amide bonds. The number of nitrogens with one attached hydrogen (secondary N) is 1. The van der Waals surface area contributed by atoms with E-state index in [1.807, 2.05) is 12.1 Å². The average Bonchev–Trinajstić information content (AvgIpc) is 3.20. The Morgan fingerprint density at radius 3 is 2.45 bits per heavy atom. The lowest BCUT2D eigenvalue weighted by atomic mass is 10.2. The van der Waals surface area contributed by atoms with Gasteiger partial charge in [0.05, 0.1) is 20.8 Å². The third-order valence-corrected chi connectivity index (χ3v) is 3.18. The van der Waals surface area contributed by atoms with Gasteiger partial charge >= 0.3 is 0 Å². The van der Waals surface area contributed by atoms with Crippen molar-refractivity contribution in [1.29, 1.82) is 0 Å². The summed E-state index contributed by atoms with van der Waals surface area (Å²) in [6.07, 6.45) is 2.46. The SMILES string of the molecule is COc1cc(OC)cc(-c2nnc(CNC3CC3)o2)c1. The molecule has 1 N–H and O–H groups in total. The monoisotopic (exact) mass is 275 g/mol. The van der Waals surface area contributed by atoms with Crippen LogP contribution in [0.3, 0.4) is 0 Å². The van der Waals surface area contributed by atoms with Crippen LogP contribution >= 0.6 is 0 Å². The van der Waals surface area contributed by atoms with Gasteiger partial charge in [-0.2, -0.15) is 0 Å². The lowest BCUT2D eigenvalue weighted by molar-refractivity contribution is 0.394. The second-order valence-electron chi connectivity index (χ2n) is 4.76. The molecule has 0 spiro atoms. The first-order chi connectivity index (χ1) is 9.78. The van der Waals surface area contributed by atoms with Gasteiger partial charge in [0.1, 0.15) is 11.5 Å². The van der Waals surface area contributed by atoms with Gasteiger partial charge in [-0.15, -0.1) is 10.2 Å². The Morgan fingerprint density at radius 1 is 1.15 bits per heavy atom. The molecule has 3 rings (SSSR count). The molecule has 1 aromatic heterocycles. The first kappa shape index (κ1) is 12.9. The highest BCUT2D eigenvalue weighted by atomic mass is 16.5. The van der Waals surface area contributed by atoms with Crippen molar-refractivity contribution < 1.29 is 13.9 Å². The molecule has 106 valence electrons. The summed E-state index contributed by atoms with van der Waals surface area (Å²) in [6, 6.07) is 6.10. The van der Waals surface area contributed by atoms with Crippen molar-refractivity contribution in [2.24, 2.45) is 0 Å². The first-order valence-electron chi connectivity index (χ1n) is 6.57. The molecular weight excluding hydrogens is 258 g/mol. The zero-order valence-corrected chi connectivity index (χ0v) is 11.5. The largest absolute Gasteiger partial charge is 0.497 e. The van der Waals surface area contributed by atoms with Gasteiger partial charge in [0.15, 0.2) is 0 Å². The third-order valence-electron chi connectivity index (χ3n) is 3.18. The summed E-state index contributed by atoms with van der Waals surface area (Å²) >= 11 is 0. The topological polar surface area (TPSA) is 69.4 Å². The predicted molar refractivity (Wildman–Crippen MR) is 72.7 cm³/mol. The van der Waals surface area contributed by atoms with E-state index in [0.717, 1.165) is 5.56 Å². The quantitative estimate of drug-likeness (QED) is 0.869. The van der Waals surface area contributed by atoms with E-state index in [1.165, 1.54) is 12.8 Å². The van der Waals surface area contributed by atoms with Crippen molar-refractivity contribution in [3.8, 4) is 23.0 Å². The Hall–Kier alpha value is -2.08. The van der Waals surface area contributed by atoms with Crippen LogP contribution in [0.1, 0.15) is 18.7 Å². The van der Waals surface area contributed by atoms with Gasteiger partial charge in [-0.3, -0.25) is 0 Å². The van der Waals surface area contributed by atoms with Crippen molar-refractivity contribution in [3.05, 3.63) is 24.1 Å². The number of methoxy groups -OCH3 is 2. The summed E-state index contributed by atoms with van der Waals surface area (Å²) in [6.45, 7) is 0.610. The molecule has 0 bridgehead atoms. The number of hydrogen-bond donors (Lipinski definition) is 1. The molecule has 1 aliphatic rings. The van der Waals surface area contributed by atoms with Crippen LogP contribution in [-0.2, 0) is 6.54 Å². The highest BCUT2D eigenvalue weighted by Crippen LogP contribution is 2.29. The highest BCUT2D eigenvalue weighted by Gasteiger charge is 2.21. The summed E-state index contributed by atoms with van der Waals surface area (Å²) in [5.74, 6) is 2.44. The van der Waals surface area contributed by atoms with Crippen molar-refractivity contribution in [1.82, 2.24) is 15.5 Å². The maximum Gasteiger partial charge on any atom is 0.248 e. The van der Waals surface area contributed by atoms with E-state index in [-0.39, 0.29) is 0 Å². The number of rotatable bonds is 6. The minimum absolute atomic E-state index is 0.467. The molecule has 0 radical (unpaired) electrons. The van der Waals surface area contributed by atoms with Crippen molar-refractivity contribution >= 4 is 0 Å². The zero-order chi connectivity index (χ0) is 13.9. The standard InChI is InChI=1S/C14H17N3O3/c1-18-11-5-9(6-12(7-11)19-2)14-17-16-13(20-14)8-15-10-3-4-10/h5-7,10,15H,3-4,8H2,1-2H3. The molecule has 1 saturated carbocycles. The Labute approximate surface area is 117 Å². The number of ether oxygens (including phenoxy) is 2. The molecule has 2 aromatic rings. The van der Waals surface area contributed by atoms with Crippen molar-refractivity contribution in [2.45, 2.75) is 25.4 Å². The maximum absolute atomic E-state index is 5.65. The molecule has 0 aliphatic heterocycles. The van der Waals surface area contributed by atoms with Gasteiger partial charge in [-0.1, -0.05) is 0 Å². The van der Waals surface area contributed by atoms with Gasteiger partial charge < -0.3 is 19.2 Å². The summed E-state index contributed by atoms with van der Waals surface area (Å²) in [7, 11) is 3.22. The molecule has 1 aromatic carbocycles. The molecule has 0 unspecified atom stereocenters. The van der Waals surface area contributed by atoms with Crippen molar-refractivity contribution in [3.63, 3.8) is 0 Å². The second kappa shape index (κ2) is 5.50. The zero-order valence-electron chi connectivity index (χ0n) is 11.5. The van der Waals surface area contributed by atoms with E-state index in [1.54, 1.807) is 20.3 Å². The summed E-state index contributed by atoms with van der Waals surface area (Å²) in [4.78, 5) is 0. The number of benzene rings is 1. The molecule has 1 aliphatic carbocycles. The van der Waals surface area contributed by atoms with Gasteiger partial charge in [0, 0.05) is 17.7 Å². The van der Waals surface area contributed by atoms with Crippen LogP contribution < -0.4 is 14.8 Å². The maximum atomic E-state index is 5.65. The minimum Gasteiger partial charge on any atom is -0.497 e. The first-order valence-corrected chi connectivity index (χ1v) is 6.57. The minimum atomic E-state index is 0.467. The van der Waals surface area contributed by atoms with E-state index in [9.17, 15) is 0 Å². The van der Waals surface area contributed by atoms with E-state index >= 15 is 0 Å². The van der Waals surface area contributed by atoms with Gasteiger partial charge in [-0.25, -0.2) is 0 Å². The fourth-order valence-corrected chi connectivity index (χ4v) is 1.89. The van der Waals surface area contributed by atoms with Crippen LogP contribution in [0.5, 0.6) is 11.5 Å². The molecule has 6 nitrogen and oxygen atoms in total. The fraction of sp³-hybridized carbons (Fsp3) is 0.429. The second-order valence-corrected chi connectivity index (χ2v) is 4.76. The van der Waals surface area contributed by atoms with Crippen molar-refractivity contribution in [2.75, 3.05) is 14.2 Å². The lowest BCUT2D eigenvalue weighted by Crippen LogP contribution is -2.15. The summed E-state index contributed by atoms with van der Waals surface area (Å²) in [5.41, 5.74) is 0.784. The fourth-order valence-electron chi connectivity index (χ4n) is 1.89. The third kappa shape index (κ3) is 2.91. The molecule has 20 heavy (non-hydrogen) atoms. The van der Waals surface area contributed by atoms with E-state index in [2.05, 4.69) is 15.5 Å². The van der Waals surface area contributed by atoms with Crippen LogP contribution in [0.25, 0.3) is 11.5 Å². The van der Waals surface area contributed by atoms with E-state index in [4.69, 9.17) is 13.9 Å². The molecule has 1 fully saturated rings. The molecule has 6 heteroatoms. The van der Waals surface area contributed by atoms with Gasteiger partial charge in [0.2, 0.25) is 11.8 Å². The summed E-state index contributed by atoms with van der Waals surface area (Å²) in [5, 5.41) is 11.4. The Morgan fingerprint density at radius 2 is 1.85 bits per heavy atom. The molecule has 0 saturated heterocycles. The summed E-state index contributed by atoms with van der Waals surface area (Å²) < 4.78 is 16.1.